The zero-order valence-corrected chi connectivity index (χ0v) is 13.6. The van der Waals surface area contributed by atoms with E-state index in [2.05, 4.69) is 10.4 Å². The molecule has 1 N–H and O–H groups in total. The standard InChI is InChI=1S/C16H21ClFN3/c1-5-19-15(12-8-11(4)6-7-14(12)18)16-13(17)9-20-21(16)10(2)3/h6-10,15,19H,5H2,1-4H3. The van der Waals surface area contributed by atoms with Crippen LogP contribution in [0.25, 0.3) is 0 Å². The van der Waals surface area contributed by atoms with Gasteiger partial charge in [-0.05, 0) is 33.4 Å². The van der Waals surface area contributed by atoms with Crippen LogP contribution < -0.4 is 5.32 Å². The van der Waals surface area contributed by atoms with Crippen molar-refractivity contribution in [1.29, 1.82) is 0 Å². The minimum Gasteiger partial charge on any atom is -0.305 e. The van der Waals surface area contributed by atoms with Crippen molar-refractivity contribution in [3.05, 3.63) is 52.1 Å². The van der Waals surface area contributed by atoms with E-state index >= 15 is 0 Å². The molecule has 0 bridgehead atoms. The largest absolute Gasteiger partial charge is 0.305 e. The molecule has 114 valence electrons. The summed E-state index contributed by atoms with van der Waals surface area (Å²) < 4.78 is 16.1. The third-order valence-corrected chi connectivity index (χ3v) is 3.71. The van der Waals surface area contributed by atoms with E-state index in [4.69, 9.17) is 11.6 Å². The maximum atomic E-state index is 14.3. The molecule has 0 saturated heterocycles. The van der Waals surface area contributed by atoms with Gasteiger partial charge in [0.15, 0.2) is 0 Å². The second-order valence-electron chi connectivity index (χ2n) is 5.43. The van der Waals surface area contributed by atoms with E-state index in [1.165, 1.54) is 6.07 Å². The van der Waals surface area contributed by atoms with Gasteiger partial charge < -0.3 is 5.32 Å². The van der Waals surface area contributed by atoms with Gasteiger partial charge in [-0.3, -0.25) is 4.68 Å². The fourth-order valence-electron chi connectivity index (χ4n) is 2.47. The molecule has 0 amide bonds. The normalized spacial score (nSPS) is 12.9. The summed E-state index contributed by atoms with van der Waals surface area (Å²) in [6.07, 6.45) is 1.62. The van der Waals surface area contributed by atoms with Crippen molar-refractivity contribution >= 4 is 11.6 Å². The second kappa shape index (κ2) is 6.58. The molecule has 0 saturated carbocycles. The third kappa shape index (κ3) is 3.27. The number of hydrogen-bond acceptors (Lipinski definition) is 2. The van der Waals surface area contributed by atoms with E-state index in [0.29, 0.717) is 17.1 Å². The van der Waals surface area contributed by atoms with Gasteiger partial charge in [0.2, 0.25) is 0 Å². The molecule has 1 aromatic carbocycles. The van der Waals surface area contributed by atoms with Gasteiger partial charge in [0, 0.05) is 11.6 Å². The van der Waals surface area contributed by atoms with E-state index in [1.807, 2.05) is 38.4 Å². The van der Waals surface area contributed by atoms with Crippen LogP contribution in [0, 0.1) is 12.7 Å². The lowest BCUT2D eigenvalue weighted by atomic mass is 10.0. The number of aryl methyl sites for hydroxylation is 1. The van der Waals surface area contributed by atoms with Gasteiger partial charge in [-0.2, -0.15) is 5.10 Å². The summed E-state index contributed by atoms with van der Waals surface area (Å²) in [6.45, 7) is 8.71. The van der Waals surface area contributed by atoms with Crippen molar-refractivity contribution in [2.75, 3.05) is 6.54 Å². The highest BCUT2D eigenvalue weighted by molar-refractivity contribution is 6.31. The smallest absolute Gasteiger partial charge is 0.128 e. The first-order chi connectivity index (χ1) is 9.95. The first kappa shape index (κ1) is 16.0. The molecule has 0 fully saturated rings. The Morgan fingerprint density at radius 1 is 1.38 bits per heavy atom. The van der Waals surface area contributed by atoms with Crippen LogP contribution in [0.2, 0.25) is 5.02 Å². The van der Waals surface area contributed by atoms with Crippen LogP contribution in [0.15, 0.2) is 24.4 Å². The van der Waals surface area contributed by atoms with E-state index < -0.39 is 0 Å². The van der Waals surface area contributed by atoms with Crippen molar-refractivity contribution in [3.63, 3.8) is 0 Å². The van der Waals surface area contributed by atoms with Crippen molar-refractivity contribution in [2.45, 2.75) is 39.8 Å². The van der Waals surface area contributed by atoms with Crippen LogP contribution in [0.5, 0.6) is 0 Å². The minimum atomic E-state index is -0.313. The molecule has 5 heteroatoms. The summed E-state index contributed by atoms with van der Waals surface area (Å²) in [7, 11) is 0. The van der Waals surface area contributed by atoms with Crippen LogP contribution in [0.3, 0.4) is 0 Å². The highest BCUT2D eigenvalue weighted by Gasteiger charge is 2.25. The number of nitrogens with one attached hydrogen (secondary N) is 1. The summed E-state index contributed by atoms with van der Waals surface area (Å²) in [5.41, 5.74) is 2.42. The fourth-order valence-corrected chi connectivity index (χ4v) is 2.71. The molecule has 1 aromatic heterocycles. The maximum absolute atomic E-state index is 14.3. The molecule has 2 aromatic rings. The molecule has 0 spiro atoms. The Labute approximate surface area is 130 Å². The first-order valence-electron chi connectivity index (χ1n) is 7.18. The van der Waals surface area contributed by atoms with E-state index in [-0.39, 0.29) is 17.9 Å². The monoisotopic (exact) mass is 309 g/mol. The highest BCUT2D eigenvalue weighted by atomic mass is 35.5. The van der Waals surface area contributed by atoms with Crippen LogP contribution in [-0.4, -0.2) is 16.3 Å². The number of benzene rings is 1. The van der Waals surface area contributed by atoms with Crippen LogP contribution >= 0.6 is 11.6 Å². The molecular formula is C16H21ClFN3. The molecule has 1 unspecified atom stereocenters. The maximum Gasteiger partial charge on any atom is 0.128 e. The molecule has 21 heavy (non-hydrogen) atoms. The van der Waals surface area contributed by atoms with Crippen molar-refractivity contribution in [2.24, 2.45) is 0 Å². The molecular weight excluding hydrogens is 289 g/mol. The Hall–Kier alpha value is -1.39. The number of rotatable bonds is 5. The Kier molecular flexibility index (Phi) is 5.01. The predicted octanol–water partition coefficient (Wildman–Crippen LogP) is 4.26. The lowest BCUT2D eigenvalue weighted by Gasteiger charge is -2.23. The molecule has 1 heterocycles. The van der Waals surface area contributed by atoms with Gasteiger partial charge in [0.05, 0.1) is 23.0 Å². The lowest BCUT2D eigenvalue weighted by molar-refractivity contribution is 0.467. The van der Waals surface area contributed by atoms with Gasteiger partial charge in [-0.15, -0.1) is 0 Å². The van der Waals surface area contributed by atoms with Gasteiger partial charge in [-0.25, -0.2) is 4.39 Å². The highest BCUT2D eigenvalue weighted by Crippen LogP contribution is 2.31. The number of nitrogens with zero attached hydrogens (tertiary/aromatic N) is 2. The quantitative estimate of drug-likeness (QED) is 0.894. The van der Waals surface area contributed by atoms with Crippen LogP contribution in [0.1, 0.15) is 49.7 Å². The topological polar surface area (TPSA) is 29.9 Å². The fraction of sp³-hybridized carbons (Fsp3) is 0.438. The molecule has 0 aliphatic rings. The van der Waals surface area contributed by atoms with Crippen LogP contribution in [-0.2, 0) is 0 Å². The van der Waals surface area contributed by atoms with Gasteiger partial charge in [0.25, 0.3) is 0 Å². The zero-order chi connectivity index (χ0) is 15.6. The molecule has 1 atom stereocenters. The molecule has 0 aliphatic heterocycles. The Balaban J connectivity index is 2.59. The van der Waals surface area contributed by atoms with Crippen LogP contribution in [0.4, 0.5) is 4.39 Å². The van der Waals surface area contributed by atoms with Crippen molar-refractivity contribution < 1.29 is 4.39 Å². The molecule has 0 aliphatic carbocycles. The SMILES string of the molecule is CCNC(c1cc(C)ccc1F)c1c(Cl)cnn1C(C)C. The Bertz CT molecular complexity index is 622. The van der Waals surface area contributed by atoms with E-state index in [9.17, 15) is 4.39 Å². The summed E-state index contributed by atoms with van der Waals surface area (Å²) in [4.78, 5) is 0. The molecule has 3 nitrogen and oxygen atoms in total. The Morgan fingerprint density at radius 3 is 2.71 bits per heavy atom. The summed E-state index contributed by atoms with van der Waals surface area (Å²) in [5.74, 6) is -0.237. The number of aromatic nitrogens is 2. The summed E-state index contributed by atoms with van der Waals surface area (Å²) in [5, 5.41) is 8.19. The third-order valence-electron chi connectivity index (χ3n) is 3.42. The average Bonchev–Trinajstić information content (AvgIpc) is 2.81. The minimum absolute atomic E-state index is 0.154. The Morgan fingerprint density at radius 2 is 2.10 bits per heavy atom. The number of hydrogen-bond donors (Lipinski definition) is 1. The molecule has 2 rings (SSSR count). The average molecular weight is 310 g/mol. The zero-order valence-electron chi connectivity index (χ0n) is 12.8. The van der Waals surface area contributed by atoms with Crippen molar-refractivity contribution in [3.8, 4) is 0 Å². The van der Waals surface area contributed by atoms with Gasteiger partial charge >= 0.3 is 0 Å². The summed E-state index contributed by atoms with van der Waals surface area (Å²) in [6, 6.07) is 4.97. The molecule has 0 radical (unpaired) electrons. The second-order valence-corrected chi connectivity index (χ2v) is 5.84. The number of halogens is 2. The van der Waals surface area contributed by atoms with E-state index in [1.54, 1.807) is 12.3 Å². The van der Waals surface area contributed by atoms with Gasteiger partial charge in [0.1, 0.15) is 5.82 Å². The first-order valence-corrected chi connectivity index (χ1v) is 7.55. The predicted molar refractivity (Wildman–Crippen MR) is 84.3 cm³/mol. The van der Waals surface area contributed by atoms with E-state index in [0.717, 1.165) is 11.3 Å². The van der Waals surface area contributed by atoms with Gasteiger partial charge in [-0.1, -0.05) is 36.2 Å². The lowest BCUT2D eigenvalue weighted by Crippen LogP contribution is -2.26. The summed E-state index contributed by atoms with van der Waals surface area (Å²) >= 11 is 6.32. The van der Waals surface area contributed by atoms with Crippen molar-refractivity contribution in [1.82, 2.24) is 15.1 Å².